The summed E-state index contributed by atoms with van der Waals surface area (Å²) in [5.74, 6) is -0.441. The van der Waals surface area contributed by atoms with Gasteiger partial charge in [-0.15, -0.1) is 0 Å². The summed E-state index contributed by atoms with van der Waals surface area (Å²) < 4.78 is 0. The zero-order chi connectivity index (χ0) is 14.0. The van der Waals surface area contributed by atoms with Crippen LogP contribution in [0.3, 0.4) is 0 Å². The molecule has 1 atom stereocenters. The van der Waals surface area contributed by atoms with Crippen LogP contribution in [0.2, 0.25) is 0 Å². The van der Waals surface area contributed by atoms with E-state index in [4.69, 9.17) is 5.11 Å². The van der Waals surface area contributed by atoms with Crippen LogP contribution in [-0.2, 0) is 9.59 Å². The van der Waals surface area contributed by atoms with E-state index in [0.717, 1.165) is 26.1 Å². The van der Waals surface area contributed by atoms with Crippen LogP contribution in [0, 0.1) is 5.92 Å². The average Bonchev–Trinajstić information content (AvgIpc) is 2.31. The second-order valence-corrected chi connectivity index (χ2v) is 5.60. The van der Waals surface area contributed by atoms with Gasteiger partial charge in [-0.3, -0.25) is 9.59 Å². The van der Waals surface area contributed by atoms with Crippen LogP contribution in [0.4, 0.5) is 0 Å². The number of carbonyl (C=O) groups is 2. The van der Waals surface area contributed by atoms with E-state index >= 15 is 0 Å². The molecule has 0 aliphatic rings. The number of thioether (sulfide) groups is 1. The molecule has 0 saturated heterocycles. The molecule has 1 unspecified atom stereocenters. The first-order valence-corrected chi connectivity index (χ1v) is 7.58. The summed E-state index contributed by atoms with van der Waals surface area (Å²) in [6, 6.07) is 0. The number of hydrogen-bond acceptors (Lipinski definition) is 4. The fourth-order valence-electron chi connectivity index (χ4n) is 1.84. The summed E-state index contributed by atoms with van der Waals surface area (Å²) >= 11 is 1.21. The van der Waals surface area contributed by atoms with Crippen molar-refractivity contribution in [3.63, 3.8) is 0 Å². The van der Waals surface area contributed by atoms with Crippen LogP contribution >= 0.6 is 11.8 Å². The molecule has 5 heteroatoms. The molecule has 1 N–H and O–H groups in total. The van der Waals surface area contributed by atoms with Crippen LogP contribution in [0.1, 0.15) is 40.0 Å². The normalized spacial score (nSPS) is 12.7. The molecule has 0 fully saturated rings. The lowest BCUT2D eigenvalue weighted by molar-refractivity contribution is -0.142. The Morgan fingerprint density at radius 2 is 1.83 bits per heavy atom. The summed E-state index contributed by atoms with van der Waals surface area (Å²) in [6.45, 7) is 8.71. The Bertz CT molecular complexity index is 255. The topological polar surface area (TPSA) is 57.6 Å². The van der Waals surface area contributed by atoms with Gasteiger partial charge >= 0.3 is 5.97 Å². The van der Waals surface area contributed by atoms with Crippen molar-refractivity contribution < 1.29 is 14.7 Å². The number of aliphatic carboxylic acids is 1. The van der Waals surface area contributed by atoms with Crippen molar-refractivity contribution in [3.8, 4) is 0 Å². The molecule has 106 valence electrons. The van der Waals surface area contributed by atoms with E-state index in [2.05, 4.69) is 18.7 Å². The number of carboxylic acids is 1. The number of nitrogens with zero attached hydrogens (tertiary/aromatic N) is 1. The van der Waals surface area contributed by atoms with Crippen LogP contribution < -0.4 is 0 Å². The van der Waals surface area contributed by atoms with E-state index in [1.807, 2.05) is 0 Å². The summed E-state index contributed by atoms with van der Waals surface area (Å²) in [7, 11) is 0. The molecule has 0 aromatic rings. The lowest BCUT2D eigenvalue weighted by atomic mass is 10.0. The predicted octanol–water partition coefficient (Wildman–Crippen LogP) is 2.48. The zero-order valence-corrected chi connectivity index (χ0v) is 12.5. The van der Waals surface area contributed by atoms with Crippen LogP contribution in [-0.4, -0.2) is 46.5 Å². The first-order chi connectivity index (χ1) is 8.51. The lowest BCUT2D eigenvalue weighted by Crippen LogP contribution is -2.25. The largest absolute Gasteiger partial charge is 0.481 e. The highest BCUT2D eigenvalue weighted by Crippen LogP contribution is 2.16. The Balaban J connectivity index is 3.90. The second kappa shape index (κ2) is 10.4. The molecular formula is C13H25NO3S. The highest BCUT2D eigenvalue weighted by atomic mass is 32.2. The fourth-order valence-corrected chi connectivity index (χ4v) is 2.53. The van der Waals surface area contributed by atoms with Crippen molar-refractivity contribution in [2.75, 3.05) is 25.4 Å². The van der Waals surface area contributed by atoms with Crippen molar-refractivity contribution in [1.29, 1.82) is 0 Å². The standard InChI is InChI=1S/C13H25NO3S/c1-4-14(5-2)9-6-7-12(13(16)17)8-10-18-11(3)15/h12H,4-10H2,1-3H3,(H,16,17). The van der Waals surface area contributed by atoms with Crippen LogP contribution in [0.5, 0.6) is 0 Å². The maximum absolute atomic E-state index is 11.1. The van der Waals surface area contributed by atoms with Gasteiger partial charge in [-0.05, 0) is 38.9 Å². The van der Waals surface area contributed by atoms with E-state index in [0.29, 0.717) is 18.6 Å². The van der Waals surface area contributed by atoms with Gasteiger partial charge in [0, 0.05) is 12.7 Å². The molecule has 0 saturated carbocycles. The smallest absolute Gasteiger partial charge is 0.306 e. The molecule has 0 rings (SSSR count). The molecular weight excluding hydrogens is 250 g/mol. The SMILES string of the molecule is CCN(CC)CCCC(CCSC(C)=O)C(=O)O. The molecule has 0 heterocycles. The van der Waals surface area contributed by atoms with Crippen LogP contribution in [0.15, 0.2) is 0 Å². The quantitative estimate of drug-likeness (QED) is 0.664. The van der Waals surface area contributed by atoms with Gasteiger partial charge in [-0.25, -0.2) is 0 Å². The van der Waals surface area contributed by atoms with E-state index in [-0.39, 0.29) is 11.0 Å². The molecule has 0 aromatic heterocycles. The highest BCUT2D eigenvalue weighted by Gasteiger charge is 2.17. The number of hydrogen-bond donors (Lipinski definition) is 1. The van der Waals surface area contributed by atoms with Gasteiger partial charge in [-0.2, -0.15) is 0 Å². The molecule has 0 aromatic carbocycles. The summed E-state index contributed by atoms with van der Waals surface area (Å²) in [5, 5.41) is 9.17. The number of carbonyl (C=O) groups excluding carboxylic acids is 1. The van der Waals surface area contributed by atoms with E-state index < -0.39 is 5.97 Å². The Morgan fingerprint density at radius 3 is 2.28 bits per heavy atom. The second-order valence-electron chi connectivity index (χ2n) is 4.33. The third-order valence-corrected chi connectivity index (χ3v) is 3.89. The van der Waals surface area contributed by atoms with Crippen molar-refractivity contribution in [1.82, 2.24) is 4.90 Å². The van der Waals surface area contributed by atoms with Gasteiger partial charge in [0.25, 0.3) is 0 Å². The summed E-state index contributed by atoms with van der Waals surface area (Å²) in [4.78, 5) is 24.2. The van der Waals surface area contributed by atoms with E-state index in [1.165, 1.54) is 18.7 Å². The average molecular weight is 275 g/mol. The molecule has 0 aliphatic carbocycles. The fraction of sp³-hybridized carbons (Fsp3) is 0.846. The molecule has 0 aliphatic heterocycles. The third-order valence-electron chi connectivity index (χ3n) is 3.04. The Morgan fingerprint density at radius 1 is 1.22 bits per heavy atom. The third kappa shape index (κ3) is 8.53. The summed E-state index contributed by atoms with van der Waals surface area (Å²) in [6.07, 6.45) is 2.19. The first kappa shape index (κ1) is 17.4. The summed E-state index contributed by atoms with van der Waals surface area (Å²) in [5.41, 5.74) is 0. The van der Waals surface area contributed by atoms with Gasteiger partial charge < -0.3 is 10.0 Å². The minimum atomic E-state index is -0.737. The lowest BCUT2D eigenvalue weighted by Gasteiger charge is -2.19. The highest BCUT2D eigenvalue weighted by molar-refractivity contribution is 8.13. The molecule has 18 heavy (non-hydrogen) atoms. The minimum absolute atomic E-state index is 0.0577. The Labute approximate surface area is 114 Å². The molecule has 0 bridgehead atoms. The Kier molecular flexibility index (Phi) is 10.1. The number of carboxylic acid groups (broad SMARTS) is 1. The van der Waals surface area contributed by atoms with Gasteiger partial charge in [0.15, 0.2) is 5.12 Å². The van der Waals surface area contributed by atoms with Crippen molar-refractivity contribution in [2.45, 2.75) is 40.0 Å². The number of rotatable bonds is 10. The van der Waals surface area contributed by atoms with Gasteiger partial charge in [0.1, 0.15) is 0 Å². The molecule has 4 nitrogen and oxygen atoms in total. The van der Waals surface area contributed by atoms with Crippen molar-refractivity contribution in [3.05, 3.63) is 0 Å². The maximum Gasteiger partial charge on any atom is 0.306 e. The van der Waals surface area contributed by atoms with E-state index in [9.17, 15) is 9.59 Å². The first-order valence-electron chi connectivity index (χ1n) is 6.59. The van der Waals surface area contributed by atoms with E-state index in [1.54, 1.807) is 0 Å². The monoisotopic (exact) mass is 275 g/mol. The maximum atomic E-state index is 11.1. The zero-order valence-electron chi connectivity index (χ0n) is 11.6. The van der Waals surface area contributed by atoms with Gasteiger partial charge in [-0.1, -0.05) is 25.6 Å². The van der Waals surface area contributed by atoms with Gasteiger partial charge in [0.2, 0.25) is 0 Å². The van der Waals surface area contributed by atoms with Gasteiger partial charge in [0.05, 0.1) is 5.92 Å². The minimum Gasteiger partial charge on any atom is -0.481 e. The molecule has 0 radical (unpaired) electrons. The predicted molar refractivity (Wildman–Crippen MR) is 75.9 cm³/mol. The Hall–Kier alpha value is -0.550. The van der Waals surface area contributed by atoms with Crippen LogP contribution in [0.25, 0.3) is 0 Å². The molecule has 0 spiro atoms. The van der Waals surface area contributed by atoms with Crippen molar-refractivity contribution >= 4 is 22.8 Å². The molecule has 0 amide bonds. The van der Waals surface area contributed by atoms with Crippen molar-refractivity contribution in [2.24, 2.45) is 5.92 Å².